The number of fused-ring (bicyclic) bond motifs is 4. The molecule has 0 unspecified atom stereocenters. The molecule has 1 nitrogen and oxygen atoms in total. The fraction of sp³-hybridized carbons (Fsp3) is 0.0169. The first kappa shape index (κ1) is 37.7. The molecule has 0 aliphatic carbocycles. The Morgan fingerprint density at radius 1 is 0.443 bits per heavy atom. The van der Waals surface area contributed by atoms with E-state index in [4.69, 9.17) is 0 Å². The molecule has 290 valence electrons. The van der Waals surface area contributed by atoms with Crippen molar-refractivity contribution in [1.82, 2.24) is 0 Å². The topological polar surface area (TPSA) is 3.24 Å². The average molecular weight is 798 g/mol. The molecule has 9 aromatic carbocycles. The number of anilines is 3. The lowest BCUT2D eigenvalue weighted by Gasteiger charge is -2.27. The summed E-state index contributed by atoms with van der Waals surface area (Å²) in [5.41, 5.74) is 15.4. The highest BCUT2D eigenvalue weighted by Crippen LogP contribution is 2.49. The minimum absolute atomic E-state index is 1.09. The lowest BCUT2D eigenvalue weighted by Crippen LogP contribution is -2.10. The van der Waals surface area contributed by atoms with Crippen LogP contribution in [-0.2, 0) is 0 Å². The number of thiophene rings is 1. The maximum Gasteiger partial charge on any atom is 0.0646 e. The lowest BCUT2D eigenvalue weighted by atomic mass is 9.96. The van der Waals surface area contributed by atoms with Crippen LogP contribution in [0.25, 0.3) is 81.0 Å². The van der Waals surface area contributed by atoms with Crippen LogP contribution in [0.4, 0.5) is 17.1 Å². The van der Waals surface area contributed by atoms with E-state index in [-0.39, 0.29) is 0 Å². The predicted octanol–water partition coefficient (Wildman–Crippen LogP) is 17.5. The van der Waals surface area contributed by atoms with Crippen LogP contribution in [0.2, 0.25) is 0 Å². The van der Waals surface area contributed by atoms with Crippen molar-refractivity contribution in [3.05, 3.63) is 243 Å². The van der Waals surface area contributed by atoms with Gasteiger partial charge in [-0.25, -0.2) is 0 Å². The Labute approximate surface area is 362 Å². The van der Waals surface area contributed by atoms with Gasteiger partial charge in [-0.05, 0) is 116 Å². The third kappa shape index (κ3) is 7.39. The number of nitrogens with zero attached hydrogens (tertiary/aromatic N) is 1. The summed E-state index contributed by atoms with van der Waals surface area (Å²) in [6.45, 7) is 6.11. The zero-order valence-electron chi connectivity index (χ0n) is 34.0. The van der Waals surface area contributed by atoms with Gasteiger partial charge in [-0.3, -0.25) is 0 Å². The largest absolute Gasteiger partial charge is 0.309 e. The monoisotopic (exact) mass is 797 g/mol. The first-order valence-corrected chi connectivity index (χ1v) is 21.6. The summed E-state index contributed by atoms with van der Waals surface area (Å²) in [6, 6.07) is 75.2. The molecule has 0 saturated heterocycles. The summed E-state index contributed by atoms with van der Waals surface area (Å²) in [7, 11) is 0. The van der Waals surface area contributed by atoms with Crippen LogP contribution in [-0.4, -0.2) is 0 Å². The summed E-state index contributed by atoms with van der Waals surface area (Å²) < 4.78 is 2.53. The normalized spacial score (nSPS) is 11.8. The van der Waals surface area contributed by atoms with Gasteiger partial charge in [0.1, 0.15) is 0 Å². The van der Waals surface area contributed by atoms with Crippen molar-refractivity contribution < 1.29 is 0 Å². The third-order valence-electron chi connectivity index (χ3n) is 11.6. The molecule has 0 aliphatic rings. The zero-order valence-corrected chi connectivity index (χ0v) is 34.8. The molecule has 10 rings (SSSR count). The van der Waals surface area contributed by atoms with Gasteiger partial charge >= 0.3 is 0 Å². The molecule has 61 heavy (non-hydrogen) atoms. The van der Waals surface area contributed by atoms with Crippen molar-refractivity contribution in [3.8, 4) is 44.5 Å². The second-order valence-electron chi connectivity index (χ2n) is 15.4. The second-order valence-corrected chi connectivity index (χ2v) is 16.4. The molecule has 10 aromatic rings. The van der Waals surface area contributed by atoms with E-state index in [1.54, 1.807) is 0 Å². The standard InChI is InChI=1S/C59H43NS/c1-3-4-8-18-41(2)49-38-56-54-30-17-29-53(45-23-13-7-14-24-45)58(54)61-59(56)57(39-49)60(51-36-33-46-25-16-28-52(55(46)40-51)44-21-11-6-12-22-44)50-34-31-43(32-35-50)48-27-15-26-47(37-48)42-19-9-5-10-20-42/h3-40H,1H2,2H3/b8-4-,41-18+. The number of hydrogen-bond donors (Lipinski definition) is 0. The minimum atomic E-state index is 1.09. The molecule has 0 N–H and O–H groups in total. The molecule has 0 bridgehead atoms. The summed E-state index contributed by atoms with van der Waals surface area (Å²) >= 11 is 1.88. The van der Waals surface area contributed by atoms with Crippen LogP contribution < -0.4 is 4.90 Å². The second kappa shape index (κ2) is 16.6. The molecule has 2 heteroatoms. The summed E-state index contributed by atoms with van der Waals surface area (Å²) in [4.78, 5) is 2.47. The van der Waals surface area contributed by atoms with Crippen LogP contribution in [0.1, 0.15) is 12.5 Å². The van der Waals surface area contributed by atoms with Crippen molar-refractivity contribution >= 4 is 64.9 Å². The first-order chi connectivity index (χ1) is 30.1. The van der Waals surface area contributed by atoms with Crippen molar-refractivity contribution in [2.45, 2.75) is 6.92 Å². The molecule has 1 heterocycles. The number of rotatable bonds is 10. The molecule has 0 atom stereocenters. The smallest absolute Gasteiger partial charge is 0.0646 e. The zero-order chi connectivity index (χ0) is 41.1. The van der Waals surface area contributed by atoms with E-state index >= 15 is 0 Å². The van der Waals surface area contributed by atoms with E-state index in [1.165, 1.54) is 86.6 Å². The highest BCUT2D eigenvalue weighted by Gasteiger charge is 2.22. The maximum atomic E-state index is 3.91. The van der Waals surface area contributed by atoms with Crippen molar-refractivity contribution in [2.24, 2.45) is 0 Å². The van der Waals surface area contributed by atoms with Crippen molar-refractivity contribution in [3.63, 3.8) is 0 Å². The van der Waals surface area contributed by atoms with Gasteiger partial charge in [0.25, 0.3) is 0 Å². The Balaban J connectivity index is 1.22. The fourth-order valence-corrected chi connectivity index (χ4v) is 9.83. The summed E-state index contributed by atoms with van der Waals surface area (Å²) in [6.07, 6.45) is 8.06. The minimum Gasteiger partial charge on any atom is -0.309 e. The highest BCUT2D eigenvalue weighted by molar-refractivity contribution is 7.27. The number of benzene rings is 9. The SMILES string of the molecule is C=C/C=C\C=C(/C)c1cc(N(c2ccc(-c3cccc(-c4ccccc4)c3)cc2)c2ccc3cccc(-c4ccccc4)c3c2)c2sc3c(-c4ccccc4)cccc3c2c1. The van der Waals surface area contributed by atoms with Crippen LogP contribution in [0, 0.1) is 0 Å². The Morgan fingerprint density at radius 2 is 1.03 bits per heavy atom. The van der Waals surface area contributed by atoms with Gasteiger partial charge in [-0.15, -0.1) is 11.3 Å². The molecule has 0 aliphatic heterocycles. The molecule has 0 radical (unpaired) electrons. The lowest BCUT2D eigenvalue weighted by molar-refractivity contribution is 1.30. The first-order valence-electron chi connectivity index (χ1n) is 20.8. The quantitative estimate of drug-likeness (QED) is 0.125. The molecule has 0 amide bonds. The van der Waals surface area contributed by atoms with Crippen LogP contribution in [0.3, 0.4) is 0 Å². The van der Waals surface area contributed by atoms with E-state index in [0.717, 1.165) is 17.1 Å². The van der Waals surface area contributed by atoms with Crippen LogP contribution in [0.5, 0.6) is 0 Å². The van der Waals surface area contributed by atoms with E-state index in [9.17, 15) is 0 Å². The van der Waals surface area contributed by atoms with Gasteiger partial charge in [0.2, 0.25) is 0 Å². The van der Waals surface area contributed by atoms with Gasteiger partial charge in [-0.1, -0.05) is 195 Å². The van der Waals surface area contributed by atoms with Crippen LogP contribution >= 0.6 is 11.3 Å². The van der Waals surface area contributed by atoms with Crippen LogP contribution in [0.15, 0.2) is 237 Å². The molecule has 0 spiro atoms. The van der Waals surface area contributed by atoms with Gasteiger partial charge in [0, 0.05) is 26.8 Å². The molecule has 0 saturated carbocycles. The van der Waals surface area contributed by atoms with Crippen molar-refractivity contribution in [1.29, 1.82) is 0 Å². The molecule has 1 aromatic heterocycles. The average Bonchev–Trinajstić information content (AvgIpc) is 3.72. The Morgan fingerprint density at radius 3 is 1.74 bits per heavy atom. The third-order valence-corrected chi connectivity index (χ3v) is 12.9. The molecular weight excluding hydrogens is 755 g/mol. The molecular formula is C59H43NS. The van der Waals surface area contributed by atoms with Gasteiger partial charge in [0.05, 0.1) is 10.4 Å². The summed E-state index contributed by atoms with van der Waals surface area (Å²) in [5.74, 6) is 0. The van der Waals surface area contributed by atoms with Gasteiger partial charge in [0.15, 0.2) is 0 Å². The van der Waals surface area contributed by atoms with Gasteiger partial charge in [-0.2, -0.15) is 0 Å². The van der Waals surface area contributed by atoms with Crippen molar-refractivity contribution in [2.75, 3.05) is 4.90 Å². The van der Waals surface area contributed by atoms with E-state index < -0.39 is 0 Å². The highest BCUT2D eigenvalue weighted by atomic mass is 32.1. The number of allylic oxidation sites excluding steroid dienone is 5. The Bertz CT molecular complexity index is 3250. The maximum absolute atomic E-state index is 3.91. The van der Waals surface area contributed by atoms with Gasteiger partial charge < -0.3 is 4.90 Å². The fourth-order valence-electron chi connectivity index (χ4n) is 8.50. The number of hydrogen-bond acceptors (Lipinski definition) is 2. The van der Waals surface area contributed by atoms with E-state index in [0.29, 0.717) is 0 Å². The Hall–Kier alpha value is -7.52. The van der Waals surface area contributed by atoms with E-state index in [2.05, 4.69) is 237 Å². The predicted molar refractivity (Wildman–Crippen MR) is 266 cm³/mol. The van der Waals surface area contributed by atoms with E-state index in [1.807, 2.05) is 23.5 Å². The molecule has 0 fully saturated rings. The summed E-state index contributed by atoms with van der Waals surface area (Å²) in [5, 5.41) is 4.93. The Kier molecular flexibility index (Phi) is 10.3.